The van der Waals surface area contributed by atoms with Gasteiger partial charge in [-0.15, -0.1) is 0 Å². The van der Waals surface area contributed by atoms with E-state index >= 15 is 0 Å². The molecule has 0 fully saturated rings. The van der Waals surface area contributed by atoms with Crippen molar-refractivity contribution < 1.29 is 0 Å². The van der Waals surface area contributed by atoms with Gasteiger partial charge in [0.2, 0.25) is 0 Å². The summed E-state index contributed by atoms with van der Waals surface area (Å²) in [5.41, 5.74) is 24.3. The summed E-state index contributed by atoms with van der Waals surface area (Å²) in [7, 11) is 0. The van der Waals surface area contributed by atoms with Crippen molar-refractivity contribution in [3.05, 3.63) is 174 Å². The molecule has 5 aromatic rings. The zero-order valence-corrected chi connectivity index (χ0v) is 30.6. The monoisotopic (exact) mass is 664 g/mol. The molecule has 6 rings (SSSR count). The number of benzene rings is 5. The number of aryl methyl sites for hydroxylation is 10. The van der Waals surface area contributed by atoms with Crippen LogP contribution in [0.2, 0.25) is 0 Å². The highest BCUT2D eigenvalue weighted by Gasteiger charge is 2.49. The van der Waals surface area contributed by atoms with Crippen molar-refractivity contribution in [2.45, 2.75) is 73.6 Å². The molecule has 0 heterocycles. The lowest BCUT2D eigenvalue weighted by Crippen LogP contribution is -2.22. The van der Waals surface area contributed by atoms with E-state index in [-0.39, 0.29) is 0 Å². The number of hydrogen-bond donors (Lipinski definition) is 0. The molecule has 1 aliphatic carbocycles. The van der Waals surface area contributed by atoms with E-state index in [1.807, 2.05) is 0 Å². The molecule has 0 saturated carbocycles. The average molecular weight is 666 g/mol. The molecule has 1 unspecified atom stereocenters. The Morgan fingerprint density at radius 1 is 0.370 bits per heavy atom. The Labute approximate surface area is 285 Å². The second kappa shape index (κ2) is 12.0. The van der Waals surface area contributed by atoms with Crippen LogP contribution >= 0.6 is 15.9 Å². The van der Waals surface area contributed by atoms with E-state index in [0.29, 0.717) is 0 Å². The Hall–Kier alpha value is -3.94. The largest absolute Gasteiger partial charge is 0.103 e. The molecule has 0 aliphatic heterocycles. The lowest BCUT2D eigenvalue weighted by atomic mass is 9.78. The van der Waals surface area contributed by atoms with Gasteiger partial charge in [-0.2, -0.15) is 0 Å². The number of rotatable bonds is 5. The molecule has 0 spiro atoms. The van der Waals surface area contributed by atoms with Gasteiger partial charge in [0.25, 0.3) is 0 Å². The first kappa shape index (κ1) is 32.0. The Morgan fingerprint density at radius 3 is 1.24 bits per heavy atom. The third-order valence-corrected chi connectivity index (χ3v) is 10.6. The van der Waals surface area contributed by atoms with Gasteiger partial charge in [0.1, 0.15) is 4.32 Å². The van der Waals surface area contributed by atoms with Crippen molar-refractivity contribution in [3.63, 3.8) is 0 Å². The average Bonchev–Trinajstić information content (AvgIpc) is 3.23. The smallest absolute Gasteiger partial charge is 0.0695 e. The van der Waals surface area contributed by atoms with Crippen LogP contribution in [0.1, 0.15) is 83.5 Å². The van der Waals surface area contributed by atoms with Gasteiger partial charge in [0.05, 0.1) is 0 Å². The van der Waals surface area contributed by atoms with Crippen molar-refractivity contribution in [2.75, 3.05) is 0 Å². The van der Waals surface area contributed by atoms with Gasteiger partial charge < -0.3 is 0 Å². The third-order valence-electron chi connectivity index (χ3n) is 9.40. The first-order chi connectivity index (χ1) is 21.8. The topological polar surface area (TPSA) is 0 Å². The van der Waals surface area contributed by atoms with Crippen LogP contribution in [0.5, 0.6) is 0 Å². The van der Waals surface area contributed by atoms with Gasteiger partial charge in [0, 0.05) is 0 Å². The number of halogens is 1. The van der Waals surface area contributed by atoms with Crippen LogP contribution in [0.3, 0.4) is 0 Å². The first-order valence-corrected chi connectivity index (χ1v) is 17.2. The number of alkyl halides is 1. The fourth-order valence-corrected chi connectivity index (χ4v) is 8.98. The molecule has 1 heteroatoms. The number of hydrogen-bond acceptors (Lipinski definition) is 0. The van der Waals surface area contributed by atoms with E-state index in [1.165, 1.54) is 106 Å². The maximum Gasteiger partial charge on any atom is 0.103 e. The predicted molar refractivity (Wildman–Crippen MR) is 204 cm³/mol. The van der Waals surface area contributed by atoms with E-state index in [9.17, 15) is 0 Å². The van der Waals surface area contributed by atoms with Crippen LogP contribution in [-0.2, 0) is 4.32 Å². The quantitative estimate of drug-likeness (QED) is 0.164. The summed E-state index contributed by atoms with van der Waals surface area (Å²) in [4.78, 5) is 0. The van der Waals surface area contributed by atoms with E-state index in [4.69, 9.17) is 0 Å². The Balaban J connectivity index is 1.95. The summed E-state index contributed by atoms with van der Waals surface area (Å²) in [6.45, 7) is 22.3. The molecule has 0 saturated heterocycles. The molecule has 0 nitrogen and oxygen atoms in total. The molecule has 46 heavy (non-hydrogen) atoms. The maximum absolute atomic E-state index is 4.68. The van der Waals surface area contributed by atoms with Gasteiger partial charge in [-0.25, -0.2) is 0 Å². The summed E-state index contributed by atoms with van der Waals surface area (Å²) in [5.74, 6) is 0. The first-order valence-electron chi connectivity index (χ1n) is 16.4. The second-order valence-electron chi connectivity index (χ2n) is 13.9. The summed E-state index contributed by atoms with van der Waals surface area (Å²) in [5, 5.41) is 0. The van der Waals surface area contributed by atoms with Gasteiger partial charge in [-0.1, -0.05) is 151 Å². The summed E-state index contributed by atoms with van der Waals surface area (Å²) < 4.78 is -0.623. The van der Waals surface area contributed by atoms with Crippen molar-refractivity contribution in [1.29, 1.82) is 0 Å². The zero-order valence-electron chi connectivity index (χ0n) is 29.0. The maximum atomic E-state index is 4.68. The predicted octanol–water partition coefficient (Wildman–Crippen LogP) is 12.6. The van der Waals surface area contributed by atoms with Crippen LogP contribution < -0.4 is 0 Å². The molecule has 0 radical (unpaired) electrons. The number of allylic oxidation sites excluding steroid dienone is 4. The molecule has 0 amide bonds. The van der Waals surface area contributed by atoms with E-state index in [1.54, 1.807) is 0 Å². The minimum absolute atomic E-state index is 0.623. The van der Waals surface area contributed by atoms with Crippen molar-refractivity contribution in [2.24, 2.45) is 0 Å². The van der Waals surface area contributed by atoms with Crippen LogP contribution in [0.15, 0.2) is 91.0 Å². The highest BCUT2D eigenvalue weighted by molar-refractivity contribution is 9.10. The summed E-state index contributed by atoms with van der Waals surface area (Å²) in [6.07, 6.45) is 0. The molecule has 232 valence electrons. The van der Waals surface area contributed by atoms with Crippen LogP contribution in [0.25, 0.3) is 22.3 Å². The highest BCUT2D eigenvalue weighted by atomic mass is 79.9. The SMILES string of the molecule is Cc1cc(C)cc(C2=C(c3cc(C)cc(C)c3)C(Br)(c3cc(C)ccc3C)C(c3cc(C)cc(C)c3)=C2c2cc(C)ccc2C)c1. The molecular formula is C45H45Br. The highest BCUT2D eigenvalue weighted by Crippen LogP contribution is 2.66. The molecule has 0 aromatic heterocycles. The van der Waals surface area contributed by atoms with E-state index in [2.05, 4.69) is 176 Å². The standard InChI is InChI=1S/C45H45Br/c1-26-11-13-34(9)39(24-26)42-41(36-18-28(3)15-29(4)19-36)43(37-20-30(5)16-31(6)21-37)45(46,40-25-27(2)12-14-35(40)10)44(42)38-22-32(7)17-33(8)23-38/h11-25H,1-10H3. The Morgan fingerprint density at radius 2 is 0.761 bits per heavy atom. The molecule has 1 aliphatic rings. The normalized spacial score (nSPS) is 16.5. The van der Waals surface area contributed by atoms with Crippen LogP contribution in [-0.4, -0.2) is 0 Å². The zero-order chi connectivity index (χ0) is 33.1. The van der Waals surface area contributed by atoms with Crippen LogP contribution in [0.4, 0.5) is 0 Å². The van der Waals surface area contributed by atoms with E-state index in [0.717, 1.165) is 0 Å². The second-order valence-corrected chi connectivity index (χ2v) is 15.1. The Kier molecular flexibility index (Phi) is 8.36. The molecule has 0 bridgehead atoms. The molecular weight excluding hydrogens is 620 g/mol. The summed E-state index contributed by atoms with van der Waals surface area (Å²) in [6, 6.07) is 35.0. The van der Waals surface area contributed by atoms with Gasteiger partial charge >= 0.3 is 0 Å². The minimum atomic E-state index is -0.623. The minimum Gasteiger partial charge on any atom is -0.0695 e. The van der Waals surface area contributed by atoms with Crippen molar-refractivity contribution in [1.82, 2.24) is 0 Å². The van der Waals surface area contributed by atoms with Gasteiger partial charge in [0.15, 0.2) is 0 Å². The molecule has 0 N–H and O–H groups in total. The lowest BCUT2D eigenvalue weighted by Gasteiger charge is -2.34. The van der Waals surface area contributed by atoms with E-state index < -0.39 is 4.32 Å². The van der Waals surface area contributed by atoms with Crippen LogP contribution in [0, 0.1) is 69.2 Å². The van der Waals surface area contributed by atoms with Gasteiger partial charge in [-0.05, 0) is 130 Å². The molecule has 5 aromatic carbocycles. The summed E-state index contributed by atoms with van der Waals surface area (Å²) >= 11 is 4.68. The van der Waals surface area contributed by atoms with Gasteiger partial charge in [-0.3, -0.25) is 0 Å². The fourth-order valence-electron chi connectivity index (χ4n) is 7.70. The Bertz CT molecular complexity index is 2040. The van der Waals surface area contributed by atoms with Crippen molar-refractivity contribution >= 4 is 38.2 Å². The third kappa shape index (κ3) is 5.64. The lowest BCUT2D eigenvalue weighted by molar-refractivity contribution is 1.04. The van der Waals surface area contributed by atoms with Crippen molar-refractivity contribution in [3.8, 4) is 0 Å². The molecule has 1 atom stereocenters. The fraction of sp³-hybridized carbons (Fsp3) is 0.244.